The Labute approximate surface area is 146 Å². The van der Waals surface area contributed by atoms with Crippen molar-refractivity contribution in [3.8, 4) is 0 Å². The third kappa shape index (κ3) is 4.52. The molecule has 0 N–H and O–H groups in total. The van der Waals surface area contributed by atoms with E-state index >= 15 is 0 Å². The van der Waals surface area contributed by atoms with Crippen LogP contribution < -0.4 is 4.90 Å². The van der Waals surface area contributed by atoms with Gasteiger partial charge in [-0.05, 0) is 36.8 Å². The van der Waals surface area contributed by atoms with E-state index in [1.165, 1.54) is 12.0 Å². The fourth-order valence-electron chi connectivity index (χ4n) is 2.82. The summed E-state index contributed by atoms with van der Waals surface area (Å²) in [6.07, 6.45) is 2.29. The maximum absolute atomic E-state index is 11.6. The standard InChI is InChI=1S/C18H21ClN2O3/c19-15-4-1-5-16(14-15)21-10-8-20(9-11-21)7-3-13-24-18(22)17-6-2-12-23-17/h1-2,4-6,12,14H,3,7-11,13H2. The molecule has 0 aliphatic carbocycles. The predicted octanol–water partition coefficient (Wildman–Crippen LogP) is 3.30. The summed E-state index contributed by atoms with van der Waals surface area (Å²) in [7, 11) is 0. The minimum Gasteiger partial charge on any atom is -0.460 e. The smallest absolute Gasteiger partial charge is 0.374 e. The van der Waals surface area contributed by atoms with Gasteiger partial charge in [0.1, 0.15) is 0 Å². The fourth-order valence-corrected chi connectivity index (χ4v) is 3.01. The molecule has 1 aliphatic rings. The van der Waals surface area contributed by atoms with E-state index in [9.17, 15) is 4.79 Å². The normalized spacial score (nSPS) is 15.5. The molecule has 0 saturated carbocycles. The number of piperazine rings is 1. The highest BCUT2D eigenvalue weighted by Gasteiger charge is 2.17. The topological polar surface area (TPSA) is 45.9 Å². The molecule has 0 unspecified atom stereocenters. The Kier molecular flexibility index (Phi) is 5.77. The highest BCUT2D eigenvalue weighted by atomic mass is 35.5. The van der Waals surface area contributed by atoms with Crippen LogP contribution in [0.15, 0.2) is 47.1 Å². The number of ether oxygens (including phenoxy) is 1. The fraction of sp³-hybridized carbons (Fsp3) is 0.389. The van der Waals surface area contributed by atoms with E-state index in [2.05, 4.69) is 15.9 Å². The van der Waals surface area contributed by atoms with Crippen LogP contribution in [0.5, 0.6) is 0 Å². The van der Waals surface area contributed by atoms with Crippen LogP contribution >= 0.6 is 11.6 Å². The number of furan rings is 1. The lowest BCUT2D eigenvalue weighted by Gasteiger charge is -2.36. The first-order chi connectivity index (χ1) is 11.7. The van der Waals surface area contributed by atoms with Gasteiger partial charge in [0.25, 0.3) is 0 Å². The van der Waals surface area contributed by atoms with Crippen LogP contribution in [0.2, 0.25) is 5.02 Å². The van der Waals surface area contributed by atoms with Crippen LogP contribution in [0.4, 0.5) is 5.69 Å². The molecule has 128 valence electrons. The highest BCUT2D eigenvalue weighted by Crippen LogP contribution is 2.20. The van der Waals surface area contributed by atoms with Crippen molar-refractivity contribution in [2.75, 3.05) is 44.2 Å². The minimum atomic E-state index is -0.397. The molecule has 0 radical (unpaired) electrons. The molecule has 0 spiro atoms. The van der Waals surface area contributed by atoms with E-state index in [0.717, 1.165) is 44.2 Å². The van der Waals surface area contributed by atoms with E-state index in [0.29, 0.717) is 6.61 Å². The number of hydrogen-bond acceptors (Lipinski definition) is 5. The van der Waals surface area contributed by atoms with E-state index in [1.54, 1.807) is 12.1 Å². The van der Waals surface area contributed by atoms with Crippen molar-refractivity contribution in [2.24, 2.45) is 0 Å². The van der Waals surface area contributed by atoms with Gasteiger partial charge in [-0.15, -0.1) is 0 Å². The van der Waals surface area contributed by atoms with Crippen molar-refractivity contribution in [3.63, 3.8) is 0 Å². The Bertz CT molecular complexity index is 652. The highest BCUT2D eigenvalue weighted by molar-refractivity contribution is 6.30. The van der Waals surface area contributed by atoms with Gasteiger partial charge in [-0.2, -0.15) is 0 Å². The third-order valence-electron chi connectivity index (χ3n) is 4.12. The maximum Gasteiger partial charge on any atom is 0.374 e. The van der Waals surface area contributed by atoms with Gasteiger partial charge in [0, 0.05) is 43.4 Å². The molecular formula is C18H21ClN2O3. The number of halogens is 1. The first kappa shape index (κ1) is 16.9. The zero-order valence-electron chi connectivity index (χ0n) is 13.5. The Balaban J connectivity index is 1.35. The number of carbonyl (C=O) groups excluding carboxylic acids is 1. The summed E-state index contributed by atoms with van der Waals surface area (Å²) in [5.74, 6) is -0.143. The largest absolute Gasteiger partial charge is 0.460 e. The van der Waals surface area contributed by atoms with Crippen molar-refractivity contribution in [3.05, 3.63) is 53.4 Å². The number of benzene rings is 1. The molecule has 1 aromatic heterocycles. The first-order valence-corrected chi connectivity index (χ1v) is 8.54. The zero-order valence-corrected chi connectivity index (χ0v) is 14.2. The molecule has 3 rings (SSSR count). The molecule has 0 bridgehead atoms. The molecule has 6 heteroatoms. The van der Waals surface area contributed by atoms with Gasteiger partial charge in [-0.25, -0.2) is 4.79 Å². The third-order valence-corrected chi connectivity index (χ3v) is 4.35. The van der Waals surface area contributed by atoms with Crippen LogP contribution in [0, 0.1) is 0 Å². The number of anilines is 1. The molecule has 5 nitrogen and oxygen atoms in total. The summed E-state index contributed by atoms with van der Waals surface area (Å²) >= 11 is 6.05. The Morgan fingerprint density at radius 1 is 1.17 bits per heavy atom. The minimum absolute atomic E-state index is 0.255. The SMILES string of the molecule is O=C(OCCCN1CCN(c2cccc(Cl)c2)CC1)c1ccco1. The van der Waals surface area contributed by atoms with Gasteiger partial charge in [-0.3, -0.25) is 4.90 Å². The summed E-state index contributed by atoms with van der Waals surface area (Å²) in [5, 5.41) is 0.772. The van der Waals surface area contributed by atoms with Gasteiger partial charge in [0.05, 0.1) is 12.9 Å². The lowest BCUT2D eigenvalue weighted by atomic mass is 10.2. The number of hydrogen-bond donors (Lipinski definition) is 0. The number of esters is 1. The monoisotopic (exact) mass is 348 g/mol. The van der Waals surface area contributed by atoms with Crippen LogP contribution in [0.3, 0.4) is 0 Å². The average Bonchev–Trinajstić information content (AvgIpc) is 3.14. The number of rotatable bonds is 6. The Morgan fingerprint density at radius 3 is 2.71 bits per heavy atom. The Morgan fingerprint density at radius 2 is 2.00 bits per heavy atom. The van der Waals surface area contributed by atoms with Gasteiger partial charge in [0.15, 0.2) is 0 Å². The zero-order chi connectivity index (χ0) is 16.8. The van der Waals surface area contributed by atoms with E-state index in [4.69, 9.17) is 20.8 Å². The lowest BCUT2D eigenvalue weighted by Crippen LogP contribution is -2.46. The van der Waals surface area contributed by atoms with Crippen molar-refractivity contribution < 1.29 is 13.9 Å². The van der Waals surface area contributed by atoms with E-state index in [1.807, 2.05) is 18.2 Å². The van der Waals surface area contributed by atoms with E-state index < -0.39 is 5.97 Å². The van der Waals surface area contributed by atoms with Crippen molar-refractivity contribution in [1.29, 1.82) is 0 Å². The second kappa shape index (κ2) is 8.22. The van der Waals surface area contributed by atoms with Gasteiger partial charge < -0.3 is 14.1 Å². The summed E-state index contributed by atoms with van der Waals surface area (Å²) in [5.41, 5.74) is 1.18. The first-order valence-electron chi connectivity index (χ1n) is 8.16. The number of nitrogens with zero attached hydrogens (tertiary/aromatic N) is 2. The quantitative estimate of drug-likeness (QED) is 0.592. The van der Waals surface area contributed by atoms with Crippen LogP contribution in [-0.2, 0) is 4.74 Å². The molecular weight excluding hydrogens is 328 g/mol. The van der Waals surface area contributed by atoms with Crippen molar-refractivity contribution in [2.45, 2.75) is 6.42 Å². The second-order valence-corrected chi connectivity index (χ2v) is 6.21. The molecule has 0 amide bonds. The van der Waals surface area contributed by atoms with Crippen molar-refractivity contribution >= 4 is 23.3 Å². The van der Waals surface area contributed by atoms with Crippen LogP contribution in [0.1, 0.15) is 17.0 Å². The van der Waals surface area contributed by atoms with Gasteiger partial charge in [-0.1, -0.05) is 17.7 Å². The summed E-state index contributed by atoms with van der Waals surface area (Å²) < 4.78 is 10.2. The van der Waals surface area contributed by atoms with Gasteiger partial charge >= 0.3 is 5.97 Å². The van der Waals surface area contributed by atoms with Gasteiger partial charge in [0.2, 0.25) is 5.76 Å². The molecule has 1 aromatic carbocycles. The second-order valence-electron chi connectivity index (χ2n) is 5.78. The van der Waals surface area contributed by atoms with Crippen molar-refractivity contribution in [1.82, 2.24) is 4.90 Å². The predicted molar refractivity (Wildman–Crippen MR) is 93.7 cm³/mol. The molecule has 1 saturated heterocycles. The summed E-state index contributed by atoms with van der Waals surface area (Å²) in [6.45, 7) is 5.29. The average molecular weight is 349 g/mol. The van der Waals surface area contributed by atoms with E-state index in [-0.39, 0.29) is 5.76 Å². The van der Waals surface area contributed by atoms with Crippen LogP contribution in [0.25, 0.3) is 0 Å². The molecule has 2 heterocycles. The molecule has 1 fully saturated rings. The van der Waals surface area contributed by atoms with Crippen LogP contribution in [-0.4, -0.2) is 50.2 Å². The molecule has 0 atom stereocenters. The lowest BCUT2D eigenvalue weighted by molar-refractivity contribution is 0.0451. The summed E-state index contributed by atoms with van der Waals surface area (Å²) in [6, 6.07) is 11.3. The Hall–Kier alpha value is -1.98. The maximum atomic E-state index is 11.6. The molecule has 2 aromatic rings. The molecule has 1 aliphatic heterocycles. The summed E-state index contributed by atoms with van der Waals surface area (Å²) in [4.78, 5) is 16.4. The number of carbonyl (C=O) groups is 1. The molecule has 24 heavy (non-hydrogen) atoms.